The van der Waals surface area contributed by atoms with E-state index in [0.717, 1.165) is 5.57 Å². The van der Waals surface area contributed by atoms with Crippen molar-refractivity contribution >= 4 is 11.9 Å². The predicted molar refractivity (Wildman–Crippen MR) is 47.3 cm³/mol. The van der Waals surface area contributed by atoms with Crippen LogP contribution in [0.2, 0.25) is 0 Å². The van der Waals surface area contributed by atoms with E-state index in [4.69, 9.17) is 5.11 Å². The smallest absolute Gasteiger partial charge is 0.331 e. The third kappa shape index (κ3) is 4.30. The summed E-state index contributed by atoms with van der Waals surface area (Å²) >= 11 is 0. The number of ether oxygens (including phenoxy) is 1. The van der Waals surface area contributed by atoms with Gasteiger partial charge in [0.05, 0.1) is 7.11 Å². The summed E-state index contributed by atoms with van der Waals surface area (Å²) in [7, 11) is 1.28. The van der Waals surface area contributed by atoms with E-state index in [0.29, 0.717) is 0 Å². The lowest BCUT2D eigenvalue weighted by atomic mass is 10.1. The molecule has 0 atom stereocenters. The van der Waals surface area contributed by atoms with Crippen molar-refractivity contribution < 1.29 is 19.4 Å². The first kappa shape index (κ1) is 11.7. The molecule has 0 bridgehead atoms. The summed E-state index contributed by atoms with van der Waals surface area (Å²) in [4.78, 5) is 21.4. The van der Waals surface area contributed by atoms with E-state index >= 15 is 0 Å². The normalized spacial score (nSPS) is 9.15. The van der Waals surface area contributed by atoms with Crippen LogP contribution < -0.4 is 0 Å². The Bertz CT molecular complexity index is 236. The number of carboxylic acid groups (broad SMARTS) is 1. The molecule has 0 spiro atoms. The van der Waals surface area contributed by atoms with Gasteiger partial charge < -0.3 is 9.84 Å². The van der Waals surface area contributed by atoms with Crippen molar-refractivity contribution in [1.82, 2.24) is 0 Å². The number of carbonyl (C=O) groups is 2. The maximum atomic E-state index is 10.7. The fourth-order valence-electron chi connectivity index (χ4n) is 0.900. The molecule has 0 radical (unpaired) electrons. The minimum atomic E-state index is -0.969. The molecule has 0 aromatic heterocycles. The maximum Gasteiger partial charge on any atom is 0.331 e. The minimum Gasteiger partial charge on any atom is -0.478 e. The van der Waals surface area contributed by atoms with E-state index in [9.17, 15) is 9.59 Å². The number of rotatable bonds is 4. The van der Waals surface area contributed by atoms with Crippen LogP contribution in [0.4, 0.5) is 0 Å². The van der Waals surface area contributed by atoms with Crippen molar-refractivity contribution in [2.45, 2.75) is 26.7 Å². The van der Waals surface area contributed by atoms with Crippen LogP contribution in [0.1, 0.15) is 26.7 Å². The molecule has 4 heteroatoms. The van der Waals surface area contributed by atoms with Crippen LogP contribution in [-0.2, 0) is 14.3 Å². The van der Waals surface area contributed by atoms with Gasteiger partial charge in [-0.3, -0.25) is 4.79 Å². The summed E-state index contributed by atoms with van der Waals surface area (Å²) < 4.78 is 4.41. The van der Waals surface area contributed by atoms with Gasteiger partial charge in [-0.2, -0.15) is 0 Å². The van der Waals surface area contributed by atoms with Crippen LogP contribution in [0.25, 0.3) is 0 Å². The molecule has 0 unspecified atom stereocenters. The zero-order valence-corrected chi connectivity index (χ0v) is 8.09. The van der Waals surface area contributed by atoms with Crippen molar-refractivity contribution in [2.24, 2.45) is 0 Å². The molecule has 0 fully saturated rings. The average molecular weight is 186 g/mol. The van der Waals surface area contributed by atoms with Gasteiger partial charge in [-0.25, -0.2) is 4.79 Å². The molecular weight excluding hydrogens is 172 g/mol. The monoisotopic (exact) mass is 186 g/mol. The van der Waals surface area contributed by atoms with Gasteiger partial charge in [0.1, 0.15) is 0 Å². The van der Waals surface area contributed by atoms with Gasteiger partial charge in [-0.15, -0.1) is 0 Å². The van der Waals surface area contributed by atoms with Crippen molar-refractivity contribution in [3.8, 4) is 0 Å². The number of hydrogen-bond donors (Lipinski definition) is 1. The van der Waals surface area contributed by atoms with Gasteiger partial charge in [0, 0.05) is 12.0 Å². The molecule has 0 aliphatic heterocycles. The number of carbonyl (C=O) groups excluding carboxylic acids is 1. The number of carboxylic acids is 1. The Hall–Kier alpha value is -1.32. The van der Waals surface area contributed by atoms with E-state index in [1.165, 1.54) is 7.11 Å². The summed E-state index contributed by atoms with van der Waals surface area (Å²) in [5, 5.41) is 8.72. The van der Waals surface area contributed by atoms with Gasteiger partial charge >= 0.3 is 11.9 Å². The third-order valence-corrected chi connectivity index (χ3v) is 1.67. The second-order valence-electron chi connectivity index (χ2n) is 2.86. The lowest BCUT2D eigenvalue weighted by Gasteiger charge is -2.03. The van der Waals surface area contributed by atoms with Gasteiger partial charge in [0.2, 0.25) is 0 Å². The topological polar surface area (TPSA) is 63.6 Å². The molecule has 0 amide bonds. The molecule has 0 aromatic carbocycles. The molecule has 0 aromatic rings. The quantitative estimate of drug-likeness (QED) is 0.532. The first-order valence-corrected chi connectivity index (χ1v) is 3.95. The van der Waals surface area contributed by atoms with E-state index in [1.807, 2.05) is 0 Å². The van der Waals surface area contributed by atoms with E-state index in [2.05, 4.69) is 4.74 Å². The molecule has 0 aliphatic rings. The minimum absolute atomic E-state index is 0.114. The molecule has 1 N–H and O–H groups in total. The van der Waals surface area contributed by atoms with Gasteiger partial charge in [-0.1, -0.05) is 5.57 Å². The van der Waals surface area contributed by atoms with Gasteiger partial charge in [0.15, 0.2) is 0 Å². The highest BCUT2D eigenvalue weighted by Gasteiger charge is 2.11. The standard InChI is InChI=1S/C9H14O4/c1-6(2)7(9(11)12)4-5-8(10)13-3/h4-5H2,1-3H3,(H,11,12). The Morgan fingerprint density at radius 3 is 2.08 bits per heavy atom. The summed E-state index contributed by atoms with van der Waals surface area (Å²) in [6.45, 7) is 3.42. The zero-order valence-electron chi connectivity index (χ0n) is 8.09. The average Bonchev–Trinajstić information content (AvgIpc) is 2.03. The zero-order chi connectivity index (χ0) is 10.4. The Labute approximate surface area is 77.2 Å². The number of methoxy groups -OCH3 is 1. The van der Waals surface area contributed by atoms with Crippen LogP contribution in [0.5, 0.6) is 0 Å². The largest absolute Gasteiger partial charge is 0.478 e. The molecule has 0 aliphatic carbocycles. The predicted octanol–water partition coefficient (Wildman–Crippen LogP) is 1.36. The first-order valence-electron chi connectivity index (χ1n) is 3.95. The van der Waals surface area contributed by atoms with Crippen LogP contribution in [0.15, 0.2) is 11.1 Å². The van der Waals surface area contributed by atoms with Crippen molar-refractivity contribution in [2.75, 3.05) is 7.11 Å². The Balaban J connectivity index is 4.24. The molecule has 13 heavy (non-hydrogen) atoms. The molecule has 0 heterocycles. The molecule has 0 saturated carbocycles. The van der Waals surface area contributed by atoms with Crippen molar-refractivity contribution in [3.63, 3.8) is 0 Å². The van der Waals surface area contributed by atoms with Crippen LogP contribution in [0.3, 0.4) is 0 Å². The number of aliphatic carboxylic acids is 1. The van der Waals surface area contributed by atoms with Gasteiger partial charge in [0.25, 0.3) is 0 Å². The maximum absolute atomic E-state index is 10.7. The Morgan fingerprint density at radius 1 is 1.23 bits per heavy atom. The van der Waals surface area contributed by atoms with Crippen LogP contribution in [-0.4, -0.2) is 24.2 Å². The summed E-state index contributed by atoms with van der Waals surface area (Å²) in [5.74, 6) is -1.36. The van der Waals surface area contributed by atoms with E-state index < -0.39 is 5.97 Å². The molecular formula is C9H14O4. The third-order valence-electron chi connectivity index (χ3n) is 1.67. The first-order chi connectivity index (χ1) is 5.99. The second-order valence-corrected chi connectivity index (χ2v) is 2.86. The van der Waals surface area contributed by atoms with Gasteiger partial charge in [-0.05, 0) is 20.3 Å². The van der Waals surface area contributed by atoms with E-state index in [1.54, 1.807) is 13.8 Å². The number of esters is 1. The lowest BCUT2D eigenvalue weighted by Crippen LogP contribution is -2.07. The summed E-state index contributed by atoms with van der Waals surface area (Å²) in [6, 6.07) is 0. The molecule has 4 nitrogen and oxygen atoms in total. The SMILES string of the molecule is COC(=O)CCC(C(=O)O)=C(C)C. The second kappa shape index (κ2) is 5.35. The number of allylic oxidation sites excluding steroid dienone is 1. The summed E-state index contributed by atoms with van der Waals surface area (Å²) in [5.41, 5.74) is 1.00. The Kier molecular flexibility index (Phi) is 4.80. The van der Waals surface area contributed by atoms with Crippen LogP contribution in [0, 0.1) is 0 Å². The molecule has 0 saturated heterocycles. The van der Waals surface area contributed by atoms with Crippen LogP contribution >= 0.6 is 0 Å². The van der Waals surface area contributed by atoms with Crippen molar-refractivity contribution in [3.05, 3.63) is 11.1 Å². The fraction of sp³-hybridized carbons (Fsp3) is 0.556. The van der Waals surface area contributed by atoms with E-state index in [-0.39, 0.29) is 24.4 Å². The molecule has 74 valence electrons. The Morgan fingerprint density at radius 2 is 1.77 bits per heavy atom. The van der Waals surface area contributed by atoms with Crippen molar-refractivity contribution in [1.29, 1.82) is 0 Å². The summed E-state index contributed by atoms with van der Waals surface area (Å²) in [6.07, 6.45) is 0.341. The highest BCUT2D eigenvalue weighted by molar-refractivity contribution is 5.88. The highest BCUT2D eigenvalue weighted by atomic mass is 16.5. The fourth-order valence-corrected chi connectivity index (χ4v) is 0.900. The lowest BCUT2D eigenvalue weighted by molar-refractivity contribution is -0.140. The number of hydrogen-bond acceptors (Lipinski definition) is 3. The molecule has 0 rings (SSSR count). The highest BCUT2D eigenvalue weighted by Crippen LogP contribution is 2.11.